The molecule has 0 saturated heterocycles. The molecule has 3 aromatic rings. The first-order valence-corrected chi connectivity index (χ1v) is 10.3. The molecule has 6 rings (SSSR count). The van der Waals surface area contributed by atoms with E-state index in [4.69, 9.17) is 4.98 Å². The van der Waals surface area contributed by atoms with Crippen molar-refractivity contribution in [3.05, 3.63) is 94.1 Å². The lowest BCUT2D eigenvalue weighted by atomic mass is 9.73. The predicted octanol–water partition coefficient (Wildman–Crippen LogP) is 5.80. The maximum Gasteiger partial charge on any atom is 0.121 e. The quantitative estimate of drug-likeness (QED) is 0.533. The Balaban J connectivity index is 1.63. The third-order valence-corrected chi connectivity index (χ3v) is 6.83. The molecule has 2 aliphatic heterocycles. The maximum atomic E-state index is 4.92. The Hall–Kier alpha value is -2.87. The monoisotopic (exact) mass is 364 g/mol. The Kier molecular flexibility index (Phi) is 3.21. The first-order chi connectivity index (χ1) is 13.6. The van der Waals surface area contributed by atoms with Crippen LogP contribution in [0.15, 0.2) is 54.7 Å². The molecule has 138 valence electrons. The van der Waals surface area contributed by atoms with E-state index in [0.29, 0.717) is 11.8 Å². The molecule has 0 fully saturated rings. The zero-order valence-electron chi connectivity index (χ0n) is 16.7. The standard InChI is InChI=1S/C26H24N2/c1-15-6-4-7-16(2)23(15)19-12-17(3)24-22(13-19)21-9-5-8-18-10-11-20-14-27-26(24)28(20)25(18)21/h4-9,12-14,17,24H,10-11H2,1-3H3. The van der Waals surface area contributed by atoms with Gasteiger partial charge in [-0.05, 0) is 66.0 Å². The minimum absolute atomic E-state index is 0.336. The average molecular weight is 364 g/mol. The van der Waals surface area contributed by atoms with Crippen LogP contribution in [0.1, 0.15) is 52.2 Å². The SMILES string of the molecule is Cc1cccc(C)c1C1=CC(C)C2C(=C1)c1cccc3c1-n1c(cnc12)CC3. The summed E-state index contributed by atoms with van der Waals surface area (Å²) in [4.78, 5) is 4.92. The maximum absolute atomic E-state index is 4.92. The number of hydrogen-bond donors (Lipinski definition) is 0. The van der Waals surface area contributed by atoms with Crippen LogP contribution in [0.25, 0.3) is 16.8 Å². The highest BCUT2D eigenvalue weighted by Gasteiger charge is 2.39. The number of fused-ring (bicyclic) bond motifs is 3. The molecule has 3 aliphatic rings. The van der Waals surface area contributed by atoms with Crippen molar-refractivity contribution in [3.63, 3.8) is 0 Å². The molecule has 2 aromatic carbocycles. The molecule has 2 unspecified atom stereocenters. The molecule has 2 heteroatoms. The lowest BCUT2D eigenvalue weighted by Crippen LogP contribution is -2.27. The second-order valence-corrected chi connectivity index (χ2v) is 8.58. The third-order valence-electron chi connectivity index (χ3n) is 6.83. The Morgan fingerprint density at radius 1 is 1.00 bits per heavy atom. The van der Waals surface area contributed by atoms with Crippen LogP contribution in [0.4, 0.5) is 0 Å². The number of aromatic nitrogens is 2. The van der Waals surface area contributed by atoms with Gasteiger partial charge in [-0.3, -0.25) is 4.57 Å². The van der Waals surface area contributed by atoms with Crippen molar-refractivity contribution < 1.29 is 0 Å². The zero-order valence-corrected chi connectivity index (χ0v) is 16.7. The smallest absolute Gasteiger partial charge is 0.121 e. The summed E-state index contributed by atoms with van der Waals surface area (Å²) in [7, 11) is 0. The van der Waals surface area contributed by atoms with Crippen molar-refractivity contribution >= 4 is 11.1 Å². The average Bonchev–Trinajstić information content (AvgIpc) is 3.12. The predicted molar refractivity (Wildman–Crippen MR) is 115 cm³/mol. The van der Waals surface area contributed by atoms with Crippen LogP contribution in [0.5, 0.6) is 0 Å². The molecule has 0 amide bonds. The van der Waals surface area contributed by atoms with Gasteiger partial charge in [-0.25, -0.2) is 4.98 Å². The molecule has 2 nitrogen and oxygen atoms in total. The summed E-state index contributed by atoms with van der Waals surface area (Å²) >= 11 is 0. The van der Waals surface area contributed by atoms with E-state index in [1.54, 1.807) is 0 Å². The Bertz CT molecular complexity index is 1180. The van der Waals surface area contributed by atoms with Crippen LogP contribution in [-0.2, 0) is 12.8 Å². The van der Waals surface area contributed by atoms with Gasteiger partial charge in [-0.2, -0.15) is 0 Å². The highest BCUT2D eigenvalue weighted by Crippen LogP contribution is 2.51. The molecule has 0 spiro atoms. The van der Waals surface area contributed by atoms with E-state index in [1.807, 2.05) is 0 Å². The molecule has 0 radical (unpaired) electrons. The summed E-state index contributed by atoms with van der Waals surface area (Å²) in [6.45, 7) is 6.80. The van der Waals surface area contributed by atoms with E-state index in [-0.39, 0.29) is 0 Å². The molecule has 0 N–H and O–H groups in total. The number of benzene rings is 2. The second kappa shape index (κ2) is 5.57. The fraction of sp³-hybridized carbons (Fsp3) is 0.269. The van der Waals surface area contributed by atoms with Crippen LogP contribution in [-0.4, -0.2) is 9.55 Å². The number of rotatable bonds is 1. The summed E-state index contributed by atoms with van der Waals surface area (Å²) in [5, 5.41) is 0. The van der Waals surface area contributed by atoms with Gasteiger partial charge in [-0.1, -0.05) is 55.5 Å². The summed E-state index contributed by atoms with van der Waals surface area (Å²) in [6.07, 6.45) is 9.22. The molecule has 1 aliphatic carbocycles. The van der Waals surface area contributed by atoms with E-state index < -0.39 is 0 Å². The van der Waals surface area contributed by atoms with Gasteiger partial charge in [0.05, 0.1) is 5.69 Å². The zero-order chi connectivity index (χ0) is 19.0. The lowest BCUT2D eigenvalue weighted by molar-refractivity contribution is 0.589. The lowest BCUT2D eigenvalue weighted by Gasteiger charge is -2.38. The molecule has 2 atom stereocenters. The normalized spacial score (nSPS) is 21.5. The number of allylic oxidation sites excluding steroid dienone is 4. The van der Waals surface area contributed by atoms with E-state index in [0.717, 1.165) is 12.8 Å². The Morgan fingerprint density at radius 2 is 1.79 bits per heavy atom. The van der Waals surface area contributed by atoms with Gasteiger partial charge in [0.2, 0.25) is 0 Å². The second-order valence-electron chi connectivity index (χ2n) is 8.58. The first-order valence-electron chi connectivity index (χ1n) is 10.3. The largest absolute Gasteiger partial charge is 0.299 e. The van der Waals surface area contributed by atoms with Crippen LogP contribution in [0, 0.1) is 19.8 Å². The van der Waals surface area contributed by atoms with Crippen molar-refractivity contribution in [1.29, 1.82) is 0 Å². The number of imidazole rings is 1. The van der Waals surface area contributed by atoms with Crippen LogP contribution in [0.3, 0.4) is 0 Å². The van der Waals surface area contributed by atoms with Gasteiger partial charge in [0.1, 0.15) is 5.82 Å². The van der Waals surface area contributed by atoms with E-state index in [1.165, 1.54) is 56.2 Å². The summed E-state index contributed by atoms with van der Waals surface area (Å²) in [6, 6.07) is 13.5. The van der Waals surface area contributed by atoms with Gasteiger partial charge in [0.15, 0.2) is 0 Å². The van der Waals surface area contributed by atoms with Gasteiger partial charge < -0.3 is 0 Å². The van der Waals surface area contributed by atoms with Gasteiger partial charge in [0, 0.05) is 23.4 Å². The highest BCUT2D eigenvalue weighted by atomic mass is 15.1. The number of para-hydroxylation sites is 1. The molecular formula is C26H24N2. The summed E-state index contributed by atoms with van der Waals surface area (Å²) in [5.74, 6) is 1.98. The molecule has 28 heavy (non-hydrogen) atoms. The van der Waals surface area contributed by atoms with Crippen molar-refractivity contribution in [2.24, 2.45) is 5.92 Å². The van der Waals surface area contributed by atoms with Crippen molar-refractivity contribution in [1.82, 2.24) is 9.55 Å². The summed E-state index contributed by atoms with van der Waals surface area (Å²) in [5.41, 5.74) is 12.5. The van der Waals surface area contributed by atoms with E-state index >= 15 is 0 Å². The Labute approximate surface area is 166 Å². The molecule has 0 saturated carbocycles. The van der Waals surface area contributed by atoms with Crippen molar-refractivity contribution in [2.45, 2.75) is 39.5 Å². The molecular weight excluding hydrogens is 340 g/mol. The number of nitrogens with zero attached hydrogens (tertiary/aromatic N) is 2. The number of aryl methyl sites for hydroxylation is 4. The Morgan fingerprint density at radius 3 is 2.61 bits per heavy atom. The van der Waals surface area contributed by atoms with Crippen molar-refractivity contribution in [2.75, 3.05) is 0 Å². The third kappa shape index (κ3) is 2.01. The van der Waals surface area contributed by atoms with Crippen LogP contribution in [0.2, 0.25) is 0 Å². The fourth-order valence-electron chi connectivity index (χ4n) is 5.62. The topological polar surface area (TPSA) is 17.8 Å². The van der Waals surface area contributed by atoms with Crippen molar-refractivity contribution in [3.8, 4) is 5.69 Å². The molecule has 3 heterocycles. The van der Waals surface area contributed by atoms with Gasteiger partial charge in [0.25, 0.3) is 0 Å². The van der Waals surface area contributed by atoms with Gasteiger partial charge in [-0.15, -0.1) is 0 Å². The van der Waals surface area contributed by atoms with Gasteiger partial charge >= 0.3 is 0 Å². The van der Waals surface area contributed by atoms with E-state index in [9.17, 15) is 0 Å². The van der Waals surface area contributed by atoms with Crippen LogP contribution >= 0.6 is 0 Å². The number of hydrogen-bond acceptors (Lipinski definition) is 1. The fourth-order valence-corrected chi connectivity index (χ4v) is 5.62. The van der Waals surface area contributed by atoms with E-state index in [2.05, 4.69) is 80.1 Å². The highest BCUT2D eigenvalue weighted by molar-refractivity contribution is 5.93. The minimum atomic E-state index is 0.336. The minimum Gasteiger partial charge on any atom is -0.299 e. The summed E-state index contributed by atoms with van der Waals surface area (Å²) < 4.78 is 2.46. The molecule has 0 bridgehead atoms. The first kappa shape index (κ1) is 16.1. The van der Waals surface area contributed by atoms with Crippen LogP contribution < -0.4 is 0 Å². The molecule has 1 aromatic heterocycles.